The van der Waals surface area contributed by atoms with Crippen LogP contribution in [0.3, 0.4) is 0 Å². The number of benzene rings is 1. The number of hydrogen-bond acceptors (Lipinski definition) is 4. The Morgan fingerprint density at radius 1 is 1.28 bits per heavy atom. The van der Waals surface area contributed by atoms with Crippen LogP contribution in [0, 0.1) is 0 Å². The van der Waals surface area contributed by atoms with Crippen molar-refractivity contribution in [2.24, 2.45) is 0 Å². The van der Waals surface area contributed by atoms with E-state index in [2.05, 4.69) is 29.4 Å². The second-order valence-electron chi connectivity index (χ2n) is 4.31. The third-order valence-corrected chi connectivity index (χ3v) is 2.55. The van der Waals surface area contributed by atoms with Crippen LogP contribution in [0.2, 0.25) is 0 Å². The summed E-state index contributed by atoms with van der Waals surface area (Å²) in [6, 6.07) is 10.3. The lowest BCUT2D eigenvalue weighted by atomic mass is 10.2. The van der Waals surface area contributed by atoms with E-state index in [9.17, 15) is 0 Å². The highest BCUT2D eigenvalue weighted by atomic mass is 16.6. The largest absolute Gasteiger partial charge is 0.297 e. The maximum Gasteiger partial charge on any atom is 0.143 e. The predicted molar refractivity (Wildman–Crippen MR) is 68.5 cm³/mol. The van der Waals surface area contributed by atoms with Crippen LogP contribution in [-0.2, 0) is 18.0 Å². The molecule has 2 rings (SSSR count). The minimum absolute atomic E-state index is 0.304. The van der Waals surface area contributed by atoms with Crippen molar-refractivity contribution in [1.82, 2.24) is 20.2 Å². The number of nitrogens with one attached hydrogen (secondary N) is 1. The van der Waals surface area contributed by atoms with E-state index < -0.39 is 0 Å². The molecule has 0 amide bonds. The van der Waals surface area contributed by atoms with Gasteiger partial charge in [-0.1, -0.05) is 30.3 Å². The van der Waals surface area contributed by atoms with Crippen LogP contribution in [0.25, 0.3) is 0 Å². The van der Waals surface area contributed by atoms with Crippen LogP contribution < -0.4 is 5.48 Å². The predicted octanol–water partition coefficient (Wildman–Crippen LogP) is 2.08. The first kappa shape index (κ1) is 12.7. The molecule has 5 nitrogen and oxygen atoms in total. The average molecular weight is 246 g/mol. The molecule has 18 heavy (non-hydrogen) atoms. The normalized spacial score (nSPS) is 11.1. The van der Waals surface area contributed by atoms with Crippen LogP contribution in [0.15, 0.2) is 36.7 Å². The zero-order valence-corrected chi connectivity index (χ0v) is 10.7. The Balaban J connectivity index is 1.77. The highest BCUT2D eigenvalue weighted by Gasteiger charge is 2.06. The first-order chi connectivity index (χ1) is 8.77. The highest BCUT2D eigenvalue weighted by Crippen LogP contribution is 2.05. The summed E-state index contributed by atoms with van der Waals surface area (Å²) in [6.07, 6.45) is 1.56. The molecule has 1 aromatic carbocycles. The molecule has 0 unspecified atom stereocenters. The molecular weight excluding hydrogens is 228 g/mol. The first-order valence-electron chi connectivity index (χ1n) is 6.04. The fraction of sp³-hybridized carbons (Fsp3) is 0.385. The monoisotopic (exact) mass is 246 g/mol. The molecule has 2 aromatic rings. The van der Waals surface area contributed by atoms with Gasteiger partial charge in [-0.15, -0.1) is 0 Å². The summed E-state index contributed by atoms with van der Waals surface area (Å²) >= 11 is 0. The fourth-order valence-electron chi connectivity index (χ4n) is 1.66. The highest BCUT2D eigenvalue weighted by molar-refractivity contribution is 5.13. The van der Waals surface area contributed by atoms with Gasteiger partial charge >= 0.3 is 0 Å². The number of hydrogen-bond donors (Lipinski definition) is 1. The van der Waals surface area contributed by atoms with Crippen molar-refractivity contribution < 1.29 is 4.84 Å². The number of aromatic nitrogens is 3. The summed E-state index contributed by atoms with van der Waals surface area (Å²) in [5, 5.41) is 4.16. The van der Waals surface area contributed by atoms with E-state index in [1.165, 1.54) is 0 Å². The van der Waals surface area contributed by atoms with Gasteiger partial charge in [0.05, 0.1) is 13.2 Å². The topological polar surface area (TPSA) is 52.0 Å². The van der Waals surface area contributed by atoms with Gasteiger partial charge in [0.2, 0.25) is 0 Å². The van der Waals surface area contributed by atoms with Crippen LogP contribution in [0.5, 0.6) is 0 Å². The Morgan fingerprint density at radius 3 is 2.78 bits per heavy atom. The molecule has 0 radical (unpaired) electrons. The second kappa shape index (κ2) is 6.28. The van der Waals surface area contributed by atoms with Crippen LogP contribution >= 0.6 is 0 Å². The SMILES string of the molecule is CC(C)n1ncnc1CNOCc1ccccc1. The molecule has 0 aliphatic carbocycles. The van der Waals surface area contributed by atoms with Gasteiger partial charge < -0.3 is 0 Å². The molecule has 0 bridgehead atoms. The van der Waals surface area contributed by atoms with Gasteiger partial charge in [0, 0.05) is 6.04 Å². The van der Waals surface area contributed by atoms with E-state index >= 15 is 0 Å². The third kappa shape index (κ3) is 3.38. The Hall–Kier alpha value is -1.72. The molecule has 0 saturated carbocycles. The minimum atomic E-state index is 0.304. The van der Waals surface area contributed by atoms with Crippen LogP contribution in [-0.4, -0.2) is 14.8 Å². The third-order valence-electron chi connectivity index (χ3n) is 2.55. The van der Waals surface area contributed by atoms with Crippen molar-refractivity contribution >= 4 is 0 Å². The molecule has 0 aliphatic heterocycles. The van der Waals surface area contributed by atoms with Gasteiger partial charge in [-0.2, -0.15) is 10.6 Å². The number of nitrogens with zero attached hydrogens (tertiary/aromatic N) is 3. The summed E-state index contributed by atoms with van der Waals surface area (Å²) in [6.45, 7) is 5.23. The fourth-order valence-corrected chi connectivity index (χ4v) is 1.66. The van der Waals surface area contributed by atoms with Crippen molar-refractivity contribution in [1.29, 1.82) is 0 Å². The Labute approximate surface area is 107 Å². The lowest BCUT2D eigenvalue weighted by Gasteiger charge is -2.10. The van der Waals surface area contributed by atoms with Gasteiger partial charge in [0.1, 0.15) is 12.2 Å². The van der Waals surface area contributed by atoms with Crippen molar-refractivity contribution in [3.8, 4) is 0 Å². The molecule has 0 saturated heterocycles. The summed E-state index contributed by atoms with van der Waals surface area (Å²) < 4.78 is 1.87. The Morgan fingerprint density at radius 2 is 2.06 bits per heavy atom. The molecule has 0 aliphatic rings. The summed E-state index contributed by atoms with van der Waals surface area (Å²) in [4.78, 5) is 9.59. The molecule has 96 valence electrons. The molecule has 1 heterocycles. The van der Waals surface area contributed by atoms with Crippen molar-refractivity contribution in [2.75, 3.05) is 0 Å². The van der Waals surface area contributed by atoms with E-state index in [4.69, 9.17) is 4.84 Å². The molecule has 0 fully saturated rings. The first-order valence-corrected chi connectivity index (χ1v) is 6.04. The van der Waals surface area contributed by atoms with Crippen molar-refractivity contribution in [3.05, 3.63) is 48.0 Å². The zero-order chi connectivity index (χ0) is 12.8. The second-order valence-corrected chi connectivity index (χ2v) is 4.31. The Kier molecular flexibility index (Phi) is 4.44. The standard InChI is InChI=1S/C13H18N4O/c1-11(2)17-13(14-10-15-17)8-16-18-9-12-6-4-3-5-7-12/h3-7,10-11,16H,8-9H2,1-2H3. The van der Waals surface area contributed by atoms with Gasteiger partial charge in [0.25, 0.3) is 0 Å². The summed E-state index contributed by atoms with van der Waals surface area (Å²) in [5.74, 6) is 0.873. The molecular formula is C13H18N4O. The zero-order valence-electron chi connectivity index (χ0n) is 10.7. The van der Waals surface area contributed by atoms with Gasteiger partial charge in [-0.05, 0) is 19.4 Å². The maximum absolute atomic E-state index is 5.40. The van der Waals surface area contributed by atoms with E-state index in [1.807, 2.05) is 35.0 Å². The molecule has 0 spiro atoms. The van der Waals surface area contributed by atoms with Crippen molar-refractivity contribution in [3.63, 3.8) is 0 Å². The van der Waals surface area contributed by atoms with E-state index in [1.54, 1.807) is 6.33 Å². The summed E-state index contributed by atoms with van der Waals surface area (Å²) in [7, 11) is 0. The van der Waals surface area contributed by atoms with Gasteiger partial charge in [0.15, 0.2) is 0 Å². The lowest BCUT2D eigenvalue weighted by Crippen LogP contribution is -2.19. The van der Waals surface area contributed by atoms with Gasteiger partial charge in [-0.3, -0.25) is 4.84 Å². The van der Waals surface area contributed by atoms with Gasteiger partial charge in [-0.25, -0.2) is 9.67 Å². The minimum Gasteiger partial charge on any atom is -0.297 e. The molecule has 0 atom stereocenters. The molecule has 1 N–H and O–H groups in total. The maximum atomic E-state index is 5.40. The lowest BCUT2D eigenvalue weighted by molar-refractivity contribution is 0.0213. The smallest absolute Gasteiger partial charge is 0.143 e. The van der Waals surface area contributed by atoms with E-state index in [-0.39, 0.29) is 0 Å². The van der Waals surface area contributed by atoms with E-state index in [0.29, 0.717) is 19.2 Å². The molecule has 5 heteroatoms. The summed E-state index contributed by atoms with van der Waals surface area (Å²) in [5.41, 5.74) is 4.04. The van der Waals surface area contributed by atoms with E-state index in [0.717, 1.165) is 11.4 Å². The number of rotatable bonds is 6. The van der Waals surface area contributed by atoms with Crippen molar-refractivity contribution in [2.45, 2.75) is 33.0 Å². The average Bonchev–Trinajstić information content (AvgIpc) is 2.84. The Bertz CT molecular complexity index is 467. The van der Waals surface area contributed by atoms with Crippen LogP contribution in [0.4, 0.5) is 0 Å². The quantitative estimate of drug-likeness (QED) is 0.626. The number of hydroxylamine groups is 1. The van der Waals surface area contributed by atoms with Crippen LogP contribution in [0.1, 0.15) is 31.3 Å². The molecule has 1 aromatic heterocycles.